The van der Waals surface area contributed by atoms with E-state index in [1.807, 2.05) is 12.1 Å². The Balaban J connectivity index is 2.14. The highest BCUT2D eigenvalue weighted by atomic mass is 16.5. The largest absolute Gasteiger partial charge is 0.493 e. The first kappa shape index (κ1) is 13.1. The SMILES string of the molecule is COc1cc2nc(N)n(C3CCC(C)C3)c2cc1OC. The molecule has 5 heteroatoms. The fraction of sp³-hybridized carbons (Fsp3) is 0.533. The fourth-order valence-corrected chi connectivity index (χ4v) is 3.24. The summed E-state index contributed by atoms with van der Waals surface area (Å²) in [5.74, 6) is 2.73. The average Bonchev–Trinajstić information content (AvgIpc) is 2.99. The third-order valence-electron chi connectivity index (χ3n) is 4.25. The van der Waals surface area contributed by atoms with Crippen molar-refractivity contribution in [3.63, 3.8) is 0 Å². The van der Waals surface area contributed by atoms with E-state index in [1.54, 1.807) is 14.2 Å². The summed E-state index contributed by atoms with van der Waals surface area (Å²) in [7, 11) is 3.27. The van der Waals surface area contributed by atoms with Gasteiger partial charge in [0.1, 0.15) is 0 Å². The van der Waals surface area contributed by atoms with Crippen LogP contribution in [0, 0.1) is 5.92 Å². The Morgan fingerprint density at radius 1 is 1.20 bits per heavy atom. The van der Waals surface area contributed by atoms with Gasteiger partial charge in [-0.2, -0.15) is 0 Å². The van der Waals surface area contributed by atoms with E-state index in [-0.39, 0.29) is 0 Å². The summed E-state index contributed by atoms with van der Waals surface area (Å²) in [5.41, 5.74) is 8.02. The fourth-order valence-electron chi connectivity index (χ4n) is 3.24. The molecule has 20 heavy (non-hydrogen) atoms. The maximum atomic E-state index is 6.13. The molecule has 1 aromatic carbocycles. The van der Waals surface area contributed by atoms with Gasteiger partial charge in [0.15, 0.2) is 11.5 Å². The average molecular weight is 275 g/mol. The van der Waals surface area contributed by atoms with E-state index in [9.17, 15) is 0 Å². The van der Waals surface area contributed by atoms with Gasteiger partial charge in [0, 0.05) is 18.2 Å². The number of nitrogens with zero attached hydrogens (tertiary/aromatic N) is 2. The molecule has 3 rings (SSSR count). The number of rotatable bonds is 3. The van der Waals surface area contributed by atoms with Crippen LogP contribution in [0.1, 0.15) is 32.2 Å². The molecule has 108 valence electrons. The van der Waals surface area contributed by atoms with E-state index in [0.717, 1.165) is 29.8 Å². The standard InChI is InChI=1S/C15H21N3O2/c1-9-4-5-10(6-9)18-12-8-14(20-3)13(19-2)7-11(12)17-15(18)16/h7-10H,4-6H2,1-3H3,(H2,16,17). The van der Waals surface area contributed by atoms with Gasteiger partial charge in [-0.25, -0.2) is 4.98 Å². The Morgan fingerprint density at radius 3 is 2.50 bits per heavy atom. The van der Waals surface area contributed by atoms with Gasteiger partial charge in [-0.05, 0) is 25.2 Å². The van der Waals surface area contributed by atoms with Crippen LogP contribution in [0.25, 0.3) is 11.0 Å². The Bertz CT molecular complexity index is 636. The summed E-state index contributed by atoms with van der Waals surface area (Å²) in [6.07, 6.45) is 3.56. The zero-order valence-corrected chi connectivity index (χ0v) is 12.2. The molecule has 0 radical (unpaired) electrons. The number of benzene rings is 1. The highest BCUT2D eigenvalue weighted by Crippen LogP contribution is 2.40. The van der Waals surface area contributed by atoms with Gasteiger partial charge < -0.3 is 19.8 Å². The Hall–Kier alpha value is -1.91. The summed E-state index contributed by atoms with van der Waals surface area (Å²) in [6.45, 7) is 2.29. The van der Waals surface area contributed by atoms with Gasteiger partial charge >= 0.3 is 0 Å². The molecule has 2 unspecified atom stereocenters. The predicted octanol–water partition coefficient (Wildman–Crippen LogP) is 3.00. The summed E-state index contributed by atoms with van der Waals surface area (Å²) < 4.78 is 12.9. The van der Waals surface area contributed by atoms with Crippen molar-refractivity contribution in [1.29, 1.82) is 0 Å². The molecule has 0 spiro atoms. The van der Waals surface area contributed by atoms with Crippen molar-refractivity contribution in [2.45, 2.75) is 32.2 Å². The lowest BCUT2D eigenvalue weighted by Crippen LogP contribution is -2.09. The maximum absolute atomic E-state index is 6.13. The zero-order valence-electron chi connectivity index (χ0n) is 12.2. The molecule has 1 aliphatic carbocycles. The lowest BCUT2D eigenvalue weighted by Gasteiger charge is -2.15. The summed E-state index contributed by atoms with van der Waals surface area (Å²) >= 11 is 0. The van der Waals surface area contributed by atoms with E-state index in [2.05, 4.69) is 16.5 Å². The molecule has 1 fully saturated rings. The van der Waals surface area contributed by atoms with Crippen molar-refractivity contribution < 1.29 is 9.47 Å². The van der Waals surface area contributed by atoms with Gasteiger partial charge in [0.25, 0.3) is 0 Å². The van der Waals surface area contributed by atoms with Crippen molar-refractivity contribution in [2.75, 3.05) is 20.0 Å². The van der Waals surface area contributed by atoms with Crippen LogP contribution in [0.2, 0.25) is 0 Å². The molecule has 2 aromatic rings. The Kier molecular flexibility index (Phi) is 3.20. The van der Waals surface area contributed by atoms with Crippen LogP contribution in [0.15, 0.2) is 12.1 Å². The second kappa shape index (κ2) is 4.89. The molecule has 0 aliphatic heterocycles. The first-order valence-electron chi connectivity index (χ1n) is 7.03. The molecule has 1 saturated carbocycles. The molecule has 1 heterocycles. The van der Waals surface area contributed by atoms with Crippen LogP contribution >= 0.6 is 0 Å². The summed E-state index contributed by atoms with van der Waals surface area (Å²) in [6, 6.07) is 4.30. The van der Waals surface area contributed by atoms with Gasteiger partial charge in [-0.15, -0.1) is 0 Å². The molecule has 1 aromatic heterocycles. The van der Waals surface area contributed by atoms with Crippen molar-refractivity contribution >= 4 is 17.0 Å². The first-order valence-corrected chi connectivity index (χ1v) is 7.03. The molecule has 2 atom stereocenters. The number of aromatic nitrogens is 2. The monoisotopic (exact) mass is 275 g/mol. The second-order valence-electron chi connectivity index (χ2n) is 5.61. The van der Waals surface area contributed by atoms with Crippen LogP contribution < -0.4 is 15.2 Å². The molecule has 0 saturated heterocycles. The highest BCUT2D eigenvalue weighted by Gasteiger charge is 2.26. The molecule has 0 bridgehead atoms. The summed E-state index contributed by atoms with van der Waals surface area (Å²) in [5, 5.41) is 0. The molecule has 5 nitrogen and oxygen atoms in total. The maximum Gasteiger partial charge on any atom is 0.201 e. The van der Waals surface area contributed by atoms with E-state index < -0.39 is 0 Å². The number of ether oxygens (including phenoxy) is 2. The number of nitrogens with two attached hydrogens (primary N) is 1. The lowest BCUT2D eigenvalue weighted by atomic mass is 10.1. The van der Waals surface area contributed by atoms with Gasteiger partial charge in [0.2, 0.25) is 5.95 Å². The highest BCUT2D eigenvalue weighted by molar-refractivity contribution is 5.82. The minimum atomic E-state index is 0.438. The molecule has 0 amide bonds. The number of methoxy groups -OCH3 is 2. The van der Waals surface area contributed by atoms with Gasteiger partial charge in [-0.1, -0.05) is 6.92 Å². The van der Waals surface area contributed by atoms with Crippen molar-refractivity contribution in [2.24, 2.45) is 5.92 Å². The summed E-state index contributed by atoms with van der Waals surface area (Å²) in [4.78, 5) is 4.47. The zero-order chi connectivity index (χ0) is 14.3. The second-order valence-corrected chi connectivity index (χ2v) is 5.61. The third kappa shape index (κ3) is 1.97. The molecular weight excluding hydrogens is 254 g/mol. The van der Waals surface area contributed by atoms with E-state index in [4.69, 9.17) is 15.2 Å². The number of fused-ring (bicyclic) bond motifs is 1. The Morgan fingerprint density at radius 2 is 1.90 bits per heavy atom. The Labute approximate surface area is 118 Å². The van der Waals surface area contributed by atoms with Crippen LogP contribution in [0.5, 0.6) is 11.5 Å². The van der Waals surface area contributed by atoms with Gasteiger partial charge in [0.05, 0.1) is 25.3 Å². The van der Waals surface area contributed by atoms with Crippen LogP contribution in [0.4, 0.5) is 5.95 Å². The van der Waals surface area contributed by atoms with Gasteiger partial charge in [-0.3, -0.25) is 0 Å². The molecular formula is C15H21N3O2. The van der Waals surface area contributed by atoms with Crippen LogP contribution in [-0.2, 0) is 0 Å². The predicted molar refractivity (Wildman–Crippen MR) is 79.3 cm³/mol. The number of nitrogen functional groups attached to an aromatic ring is 1. The topological polar surface area (TPSA) is 62.3 Å². The van der Waals surface area contributed by atoms with Crippen molar-refractivity contribution in [1.82, 2.24) is 9.55 Å². The number of anilines is 1. The number of hydrogen-bond acceptors (Lipinski definition) is 4. The molecule has 2 N–H and O–H groups in total. The van der Waals surface area contributed by atoms with Crippen molar-refractivity contribution in [3.05, 3.63) is 12.1 Å². The smallest absolute Gasteiger partial charge is 0.201 e. The quantitative estimate of drug-likeness (QED) is 0.935. The minimum Gasteiger partial charge on any atom is -0.493 e. The van der Waals surface area contributed by atoms with Crippen molar-refractivity contribution in [3.8, 4) is 11.5 Å². The minimum absolute atomic E-state index is 0.438. The molecule has 1 aliphatic rings. The van der Waals surface area contributed by atoms with Crippen LogP contribution in [0.3, 0.4) is 0 Å². The van der Waals surface area contributed by atoms with E-state index in [1.165, 1.54) is 6.42 Å². The van der Waals surface area contributed by atoms with E-state index in [0.29, 0.717) is 23.5 Å². The normalized spacial score (nSPS) is 22.4. The first-order chi connectivity index (χ1) is 9.63. The third-order valence-corrected chi connectivity index (χ3v) is 4.25. The van der Waals surface area contributed by atoms with E-state index >= 15 is 0 Å². The lowest BCUT2D eigenvalue weighted by molar-refractivity contribution is 0.355. The van der Waals surface area contributed by atoms with Crippen LogP contribution in [-0.4, -0.2) is 23.8 Å². The number of hydrogen-bond donors (Lipinski definition) is 1. The number of imidazole rings is 1.